The summed E-state index contributed by atoms with van der Waals surface area (Å²) in [5.41, 5.74) is 0. The van der Waals surface area contributed by atoms with Crippen molar-refractivity contribution in [2.45, 2.75) is 51.4 Å². The Morgan fingerprint density at radius 2 is 1.95 bits per heavy atom. The van der Waals surface area contributed by atoms with Crippen LogP contribution in [0.5, 0.6) is 0 Å². The number of carbonyl (C=O) groups excluding carboxylic acids is 1. The SMILES string of the molecule is O=C(CCNCC1CC2CCC1C2)N1CCCCC1. The zero-order valence-corrected chi connectivity index (χ0v) is 12.1. The first-order valence-corrected chi connectivity index (χ1v) is 8.31. The molecule has 2 saturated carbocycles. The van der Waals surface area contributed by atoms with Crippen molar-refractivity contribution in [3.05, 3.63) is 0 Å². The number of nitrogens with one attached hydrogen (secondary N) is 1. The van der Waals surface area contributed by atoms with E-state index in [9.17, 15) is 4.79 Å². The molecule has 108 valence electrons. The Kier molecular flexibility index (Phi) is 4.42. The number of hydrogen-bond donors (Lipinski definition) is 1. The molecule has 3 aliphatic rings. The maximum absolute atomic E-state index is 12.0. The molecular weight excluding hydrogens is 236 g/mol. The van der Waals surface area contributed by atoms with E-state index in [1.165, 1.54) is 44.9 Å². The molecule has 0 spiro atoms. The van der Waals surface area contributed by atoms with Crippen LogP contribution in [0.25, 0.3) is 0 Å². The third-order valence-corrected chi connectivity index (χ3v) is 5.52. The summed E-state index contributed by atoms with van der Waals surface area (Å²) in [6.07, 6.45) is 10.3. The van der Waals surface area contributed by atoms with Crippen molar-refractivity contribution < 1.29 is 4.79 Å². The minimum Gasteiger partial charge on any atom is -0.343 e. The minimum atomic E-state index is 0.361. The summed E-state index contributed by atoms with van der Waals surface area (Å²) in [7, 11) is 0. The quantitative estimate of drug-likeness (QED) is 0.773. The van der Waals surface area contributed by atoms with Crippen LogP contribution in [0, 0.1) is 17.8 Å². The first-order chi connectivity index (χ1) is 9.33. The Morgan fingerprint density at radius 1 is 1.11 bits per heavy atom. The molecule has 3 unspecified atom stereocenters. The highest BCUT2D eigenvalue weighted by atomic mass is 16.2. The van der Waals surface area contributed by atoms with Crippen LogP contribution in [0.1, 0.15) is 51.4 Å². The Hall–Kier alpha value is -0.570. The first-order valence-electron chi connectivity index (χ1n) is 8.31. The highest BCUT2D eigenvalue weighted by Gasteiger charge is 2.38. The second kappa shape index (κ2) is 6.25. The monoisotopic (exact) mass is 264 g/mol. The van der Waals surface area contributed by atoms with Crippen molar-refractivity contribution in [3.63, 3.8) is 0 Å². The summed E-state index contributed by atoms with van der Waals surface area (Å²) < 4.78 is 0. The summed E-state index contributed by atoms with van der Waals surface area (Å²) in [5, 5.41) is 3.53. The van der Waals surface area contributed by atoms with Gasteiger partial charge in [-0.3, -0.25) is 4.79 Å². The molecule has 0 aromatic carbocycles. The van der Waals surface area contributed by atoms with E-state index in [0.29, 0.717) is 12.3 Å². The molecule has 3 nitrogen and oxygen atoms in total. The van der Waals surface area contributed by atoms with Crippen molar-refractivity contribution in [1.29, 1.82) is 0 Å². The van der Waals surface area contributed by atoms with Crippen molar-refractivity contribution in [2.75, 3.05) is 26.2 Å². The molecule has 19 heavy (non-hydrogen) atoms. The number of rotatable bonds is 5. The third kappa shape index (κ3) is 3.31. The van der Waals surface area contributed by atoms with Crippen molar-refractivity contribution in [1.82, 2.24) is 10.2 Å². The van der Waals surface area contributed by atoms with Gasteiger partial charge >= 0.3 is 0 Å². The number of piperidine rings is 1. The predicted octanol–water partition coefficient (Wildman–Crippen LogP) is 2.41. The first kappa shape index (κ1) is 13.4. The Morgan fingerprint density at radius 3 is 2.63 bits per heavy atom. The van der Waals surface area contributed by atoms with Gasteiger partial charge in [0.05, 0.1) is 0 Å². The van der Waals surface area contributed by atoms with Crippen LogP contribution in [0.2, 0.25) is 0 Å². The van der Waals surface area contributed by atoms with E-state index < -0.39 is 0 Å². The van der Waals surface area contributed by atoms with E-state index in [1.807, 2.05) is 0 Å². The molecular formula is C16H28N2O. The lowest BCUT2D eigenvalue weighted by molar-refractivity contribution is -0.131. The fourth-order valence-electron chi connectivity index (χ4n) is 4.41. The summed E-state index contributed by atoms with van der Waals surface area (Å²) in [6, 6.07) is 0. The second-order valence-electron chi connectivity index (χ2n) is 6.83. The zero-order chi connectivity index (χ0) is 13.1. The van der Waals surface area contributed by atoms with Gasteiger partial charge in [0.1, 0.15) is 0 Å². The van der Waals surface area contributed by atoms with Crippen LogP contribution in [-0.2, 0) is 4.79 Å². The van der Waals surface area contributed by atoms with E-state index in [0.717, 1.165) is 43.9 Å². The number of carbonyl (C=O) groups is 1. The highest BCUT2D eigenvalue weighted by molar-refractivity contribution is 5.76. The number of hydrogen-bond acceptors (Lipinski definition) is 2. The molecule has 0 aromatic heterocycles. The van der Waals surface area contributed by atoms with Gasteiger partial charge in [-0.25, -0.2) is 0 Å². The molecule has 1 N–H and O–H groups in total. The largest absolute Gasteiger partial charge is 0.343 e. The van der Waals surface area contributed by atoms with Gasteiger partial charge in [0.15, 0.2) is 0 Å². The predicted molar refractivity (Wildman–Crippen MR) is 76.9 cm³/mol. The lowest BCUT2D eigenvalue weighted by Gasteiger charge is -2.27. The van der Waals surface area contributed by atoms with E-state index in [-0.39, 0.29) is 0 Å². The van der Waals surface area contributed by atoms with Crippen LogP contribution >= 0.6 is 0 Å². The van der Waals surface area contributed by atoms with E-state index >= 15 is 0 Å². The van der Waals surface area contributed by atoms with Gasteiger partial charge < -0.3 is 10.2 Å². The van der Waals surface area contributed by atoms with Crippen LogP contribution in [0.3, 0.4) is 0 Å². The summed E-state index contributed by atoms with van der Waals surface area (Å²) in [4.78, 5) is 14.1. The molecule has 1 amide bonds. The zero-order valence-electron chi connectivity index (χ0n) is 12.1. The molecule has 1 heterocycles. The van der Waals surface area contributed by atoms with Crippen LogP contribution in [0.4, 0.5) is 0 Å². The molecule has 2 aliphatic carbocycles. The van der Waals surface area contributed by atoms with Crippen LogP contribution in [-0.4, -0.2) is 37.0 Å². The number of amides is 1. The van der Waals surface area contributed by atoms with Crippen LogP contribution < -0.4 is 5.32 Å². The summed E-state index contributed by atoms with van der Waals surface area (Å²) in [5.74, 6) is 3.30. The topological polar surface area (TPSA) is 32.3 Å². The fourth-order valence-corrected chi connectivity index (χ4v) is 4.41. The van der Waals surface area contributed by atoms with E-state index in [4.69, 9.17) is 0 Å². The average Bonchev–Trinajstić information content (AvgIpc) is 3.07. The normalized spacial score (nSPS) is 33.9. The maximum Gasteiger partial charge on any atom is 0.223 e. The van der Waals surface area contributed by atoms with Gasteiger partial charge in [-0.15, -0.1) is 0 Å². The summed E-state index contributed by atoms with van der Waals surface area (Å²) in [6.45, 7) is 4.01. The smallest absolute Gasteiger partial charge is 0.223 e. The molecule has 3 atom stereocenters. The van der Waals surface area contributed by atoms with E-state index in [2.05, 4.69) is 10.2 Å². The second-order valence-corrected chi connectivity index (χ2v) is 6.83. The average molecular weight is 264 g/mol. The van der Waals surface area contributed by atoms with Gasteiger partial charge in [0.25, 0.3) is 0 Å². The molecule has 1 aliphatic heterocycles. The highest BCUT2D eigenvalue weighted by Crippen LogP contribution is 2.47. The summed E-state index contributed by atoms with van der Waals surface area (Å²) >= 11 is 0. The standard InChI is InChI=1S/C16H28N2O/c19-16(18-8-2-1-3-9-18)6-7-17-12-15-11-13-4-5-14(15)10-13/h13-15,17H,1-12H2. The fraction of sp³-hybridized carbons (Fsp3) is 0.938. The molecule has 0 radical (unpaired) electrons. The van der Waals surface area contributed by atoms with Crippen molar-refractivity contribution in [3.8, 4) is 0 Å². The number of fused-ring (bicyclic) bond motifs is 2. The number of likely N-dealkylation sites (tertiary alicyclic amines) is 1. The number of nitrogens with zero attached hydrogens (tertiary/aromatic N) is 1. The van der Waals surface area contributed by atoms with Crippen molar-refractivity contribution >= 4 is 5.91 Å². The van der Waals surface area contributed by atoms with Gasteiger partial charge in [-0.05, 0) is 62.8 Å². The molecule has 1 saturated heterocycles. The molecule has 0 aromatic rings. The Bertz CT molecular complexity index is 312. The van der Waals surface area contributed by atoms with Gasteiger partial charge in [0, 0.05) is 26.1 Å². The minimum absolute atomic E-state index is 0.361. The molecule has 3 heteroatoms. The van der Waals surface area contributed by atoms with Gasteiger partial charge in [-0.2, -0.15) is 0 Å². The lowest BCUT2D eigenvalue weighted by Crippen LogP contribution is -2.37. The van der Waals surface area contributed by atoms with Crippen molar-refractivity contribution in [2.24, 2.45) is 17.8 Å². The Balaban J connectivity index is 1.29. The van der Waals surface area contributed by atoms with Gasteiger partial charge in [0.2, 0.25) is 5.91 Å². The third-order valence-electron chi connectivity index (χ3n) is 5.52. The van der Waals surface area contributed by atoms with Gasteiger partial charge in [-0.1, -0.05) is 6.42 Å². The Labute approximate surface area is 117 Å². The lowest BCUT2D eigenvalue weighted by atomic mass is 9.89. The van der Waals surface area contributed by atoms with Crippen LogP contribution in [0.15, 0.2) is 0 Å². The molecule has 2 bridgehead atoms. The molecule has 3 rings (SSSR count). The van der Waals surface area contributed by atoms with E-state index in [1.54, 1.807) is 0 Å². The molecule has 3 fully saturated rings. The maximum atomic E-state index is 12.0.